The van der Waals surface area contributed by atoms with Crippen LogP contribution in [0.1, 0.15) is 22.8 Å². The molecule has 0 fully saturated rings. The Bertz CT molecular complexity index is 727. The summed E-state index contributed by atoms with van der Waals surface area (Å²) in [6.45, 7) is 1.37. The SMILES string of the molecule is CC(=O)Nc1cccc(C(=O)n2ncc(C#N)c2N)c1. The number of rotatable bonds is 2. The molecule has 0 spiro atoms. The number of nitrogens with one attached hydrogen (secondary N) is 1. The zero-order valence-electron chi connectivity index (χ0n) is 10.6. The Balaban J connectivity index is 2.36. The first-order valence-electron chi connectivity index (χ1n) is 5.69. The third kappa shape index (κ3) is 2.49. The maximum absolute atomic E-state index is 12.2. The van der Waals surface area contributed by atoms with Crippen LogP contribution < -0.4 is 11.1 Å². The number of carbonyl (C=O) groups is 2. The van der Waals surface area contributed by atoms with Gasteiger partial charge >= 0.3 is 0 Å². The number of nitrogens with zero attached hydrogens (tertiary/aromatic N) is 3. The Hall–Kier alpha value is -3.14. The number of amides is 1. The zero-order chi connectivity index (χ0) is 14.7. The molecule has 0 unspecified atom stereocenters. The van der Waals surface area contributed by atoms with Crippen LogP contribution in [0, 0.1) is 11.3 Å². The van der Waals surface area contributed by atoms with E-state index in [-0.39, 0.29) is 17.3 Å². The largest absolute Gasteiger partial charge is 0.382 e. The Morgan fingerprint density at radius 1 is 1.45 bits per heavy atom. The third-order valence-corrected chi connectivity index (χ3v) is 2.55. The molecule has 0 aliphatic heterocycles. The molecule has 0 aliphatic carbocycles. The predicted octanol–water partition coefficient (Wildman–Crippen LogP) is 0.984. The van der Waals surface area contributed by atoms with Gasteiger partial charge in [-0.1, -0.05) is 6.07 Å². The highest BCUT2D eigenvalue weighted by Gasteiger charge is 2.15. The summed E-state index contributed by atoms with van der Waals surface area (Å²) < 4.78 is 0.950. The van der Waals surface area contributed by atoms with E-state index in [1.54, 1.807) is 18.2 Å². The number of nitrogen functional groups attached to an aromatic ring is 1. The van der Waals surface area contributed by atoms with Crippen LogP contribution in [0.15, 0.2) is 30.5 Å². The second-order valence-electron chi connectivity index (χ2n) is 4.03. The quantitative estimate of drug-likeness (QED) is 0.843. The summed E-state index contributed by atoms with van der Waals surface area (Å²) in [6, 6.07) is 8.21. The highest BCUT2D eigenvalue weighted by molar-refractivity contribution is 5.99. The molecule has 1 aromatic carbocycles. The van der Waals surface area contributed by atoms with Crippen LogP contribution in [-0.4, -0.2) is 21.6 Å². The minimum atomic E-state index is -0.476. The van der Waals surface area contributed by atoms with E-state index in [1.165, 1.54) is 19.2 Å². The first-order chi connectivity index (χ1) is 9.52. The van der Waals surface area contributed by atoms with E-state index in [0.717, 1.165) is 4.68 Å². The van der Waals surface area contributed by atoms with E-state index < -0.39 is 5.91 Å². The number of hydrogen-bond acceptors (Lipinski definition) is 5. The first-order valence-corrected chi connectivity index (χ1v) is 5.69. The highest BCUT2D eigenvalue weighted by atomic mass is 16.2. The van der Waals surface area contributed by atoms with E-state index in [1.807, 2.05) is 6.07 Å². The van der Waals surface area contributed by atoms with Gasteiger partial charge < -0.3 is 11.1 Å². The van der Waals surface area contributed by atoms with Gasteiger partial charge in [-0.2, -0.15) is 15.0 Å². The van der Waals surface area contributed by atoms with Gasteiger partial charge in [0.2, 0.25) is 5.91 Å². The van der Waals surface area contributed by atoms with Gasteiger partial charge in [0.15, 0.2) is 0 Å². The van der Waals surface area contributed by atoms with Crippen molar-refractivity contribution in [3.8, 4) is 6.07 Å². The number of hydrogen-bond donors (Lipinski definition) is 2. The summed E-state index contributed by atoms with van der Waals surface area (Å²) in [5.41, 5.74) is 6.59. The zero-order valence-corrected chi connectivity index (χ0v) is 10.6. The minimum absolute atomic E-state index is 0.0116. The average molecular weight is 269 g/mol. The van der Waals surface area contributed by atoms with Crippen LogP contribution in [0.4, 0.5) is 11.5 Å². The van der Waals surface area contributed by atoms with Crippen LogP contribution in [0.25, 0.3) is 0 Å². The number of carbonyl (C=O) groups excluding carboxylic acids is 2. The summed E-state index contributed by atoms with van der Waals surface area (Å²) in [5.74, 6) is -0.724. The molecule has 2 aromatic rings. The Morgan fingerprint density at radius 2 is 2.20 bits per heavy atom. The lowest BCUT2D eigenvalue weighted by molar-refractivity contribution is -0.114. The Kier molecular flexibility index (Phi) is 3.48. The van der Waals surface area contributed by atoms with Crippen molar-refractivity contribution in [1.29, 1.82) is 5.26 Å². The molecular formula is C13H11N5O2. The van der Waals surface area contributed by atoms with Crippen molar-refractivity contribution in [3.63, 3.8) is 0 Å². The van der Waals surface area contributed by atoms with Crippen molar-refractivity contribution >= 4 is 23.3 Å². The molecule has 100 valence electrons. The van der Waals surface area contributed by atoms with Gasteiger partial charge in [-0.05, 0) is 18.2 Å². The van der Waals surface area contributed by atoms with Crippen molar-refractivity contribution < 1.29 is 9.59 Å². The molecule has 3 N–H and O–H groups in total. The molecule has 20 heavy (non-hydrogen) atoms. The molecule has 7 nitrogen and oxygen atoms in total. The van der Waals surface area contributed by atoms with E-state index in [2.05, 4.69) is 10.4 Å². The van der Waals surface area contributed by atoms with Gasteiger partial charge in [0.05, 0.1) is 6.20 Å². The van der Waals surface area contributed by atoms with Gasteiger partial charge in [0.1, 0.15) is 17.5 Å². The van der Waals surface area contributed by atoms with E-state index in [9.17, 15) is 9.59 Å². The van der Waals surface area contributed by atoms with Gasteiger partial charge in [-0.3, -0.25) is 9.59 Å². The Morgan fingerprint density at radius 3 is 2.80 bits per heavy atom. The summed E-state index contributed by atoms with van der Waals surface area (Å²) in [5, 5.41) is 15.1. The number of nitrogens with two attached hydrogens (primary N) is 1. The fraction of sp³-hybridized carbons (Fsp3) is 0.0769. The maximum atomic E-state index is 12.2. The summed E-state index contributed by atoms with van der Waals surface area (Å²) in [7, 11) is 0. The lowest BCUT2D eigenvalue weighted by atomic mass is 10.2. The van der Waals surface area contributed by atoms with E-state index in [4.69, 9.17) is 11.0 Å². The van der Waals surface area contributed by atoms with Crippen molar-refractivity contribution in [2.75, 3.05) is 11.1 Å². The molecule has 0 bridgehead atoms. The molecule has 0 aliphatic rings. The molecule has 1 heterocycles. The molecule has 2 rings (SSSR count). The summed E-state index contributed by atoms with van der Waals surface area (Å²) in [4.78, 5) is 23.2. The number of anilines is 2. The second kappa shape index (κ2) is 5.24. The van der Waals surface area contributed by atoms with E-state index >= 15 is 0 Å². The smallest absolute Gasteiger partial charge is 0.280 e. The molecule has 0 saturated heterocycles. The maximum Gasteiger partial charge on any atom is 0.280 e. The normalized spacial score (nSPS) is 9.80. The van der Waals surface area contributed by atoms with Crippen LogP contribution in [-0.2, 0) is 4.79 Å². The van der Waals surface area contributed by atoms with Crippen molar-refractivity contribution in [3.05, 3.63) is 41.6 Å². The Labute approximate surface area is 114 Å². The highest BCUT2D eigenvalue weighted by Crippen LogP contribution is 2.15. The van der Waals surface area contributed by atoms with Crippen LogP contribution >= 0.6 is 0 Å². The van der Waals surface area contributed by atoms with Crippen LogP contribution in [0.5, 0.6) is 0 Å². The van der Waals surface area contributed by atoms with Crippen molar-refractivity contribution in [1.82, 2.24) is 9.78 Å². The molecular weight excluding hydrogens is 258 g/mol. The van der Waals surface area contributed by atoms with E-state index in [0.29, 0.717) is 11.3 Å². The number of nitriles is 1. The molecule has 1 amide bonds. The van der Waals surface area contributed by atoms with Crippen molar-refractivity contribution in [2.24, 2.45) is 0 Å². The number of benzene rings is 1. The summed E-state index contributed by atoms with van der Waals surface area (Å²) in [6.07, 6.45) is 1.23. The summed E-state index contributed by atoms with van der Waals surface area (Å²) >= 11 is 0. The number of aromatic nitrogens is 2. The minimum Gasteiger partial charge on any atom is -0.382 e. The van der Waals surface area contributed by atoms with Gasteiger partial charge in [-0.25, -0.2) is 0 Å². The predicted molar refractivity (Wildman–Crippen MR) is 71.8 cm³/mol. The molecule has 0 radical (unpaired) electrons. The third-order valence-electron chi connectivity index (χ3n) is 2.55. The van der Waals surface area contributed by atoms with Crippen molar-refractivity contribution in [2.45, 2.75) is 6.92 Å². The van der Waals surface area contributed by atoms with Gasteiger partial charge in [0.25, 0.3) is 5.91 Å². The first kappa shape index (κ1) is 13.3. The second-order valence-corrected chi connectivity index (χ2v) is 4.03. The lowest BCUT2D eigenvalue weighted by Crippen LogP contribution is -2.16. The molecule has 0 saturated carbocycles. The lowest BCUT2D eigenvalue weighted by Gasteiger charge is -2.06. The van der Waals surface area contributed by atoms with Gasteiger partial charge in [0, 0.05) is 18.2 Å². The average Bonchev–Trinajstić information content (AvgIpc) is 2.78. The standard InChI is InChI=1S/C13H11N5O2/c1-8(19)17-11-4-2-3-9(5-11)13(20)18-12(15)10(6-14)7-16-18/h2-5,7H,15H2,1H3,(H,17,19). The fourth-order valence-corrected chi connectivity index (χ4v) is 1.66. The molecule has 0 atom stereocenters. The van der Waals surface area contributed by atoms with Crippen LogP contribution in [0.2, 0.25) is 0 Å². The fourth-order valence-electron chi connectivity index (χ4n) is 1.66. The van der Waals surface area contributed by atoms with Gasteiger partial charge in [-0.15, -0.1) is 0 Å². The monoisotopic (exact) mass is 269 g/mol. The topological polar surface area (TPSA) is 114 Å². The molecule has 1 aromatic heterocycles. The van der Waals surface area contributed by atoms with Crippen LogP contribution in [0.3, 0.4) is 0 Å². The molecule has 7 heteroatoms.